The lowest BCUT2D eigenvalue weighted by molar-refractivity contribution is -0.138. The number of phenols is 1. The third kappa shape index (κ3) is 2.89. The summed E-state index contributed by atoms with van der Waals surface area (Å²) < 4.78 is 26.2. The van der Waals surface area contributed by atoms with Crippen molar-refractivity contribution >= 4 is 23.5 Å². The minimum absolute atomic E-state index is 0.371. The first-order valence-corrected chi connectivity index (χ1v) is 5.58. The molecule has 1 aliphatic heterocycles. The normalized spacial score (nSPS) is 21.5. The van der Waals surface area contributed by atoms with Crippen molar-refractivity contribution in [3.63, 3.8) is 0 Å². The van der Waals surface area contributed by atoms with Gasteiger partial charge in [-0.25, -0.2) is 13.6 Å². The van der Waals surface area contributed by atoms with Gasteiger partial charge < -0.3 is 20.8 Å². The predicted molar refractivity (Wildman–Crippen MR) is 62.8 cm³/mol. The molecular formula is C11H9F2N3O5. The second kappa shape index (κ2) is 5.32. The van der Waals surface area contributed by atoms with Crippen molar-refractivity contribution in [2.45, 2.75) is 6.23 Å². The van der Waals surface area contributed by atoms with Crippen LogP contribution in [0.3, 0.4) is 0 Å². The quantitative estimate of drug-likeness (QED) is 0.367. The van der Waals surface area contributed by atoms with Crippen molar-refractivity contribution in [3.8, 4) is 5.75 Å². The lowest BCUT2D eigenvalue weighted by Crippen LogP contribution is -2.61. The minimum atomic E-state index is -1.78. The summed E-state index contributed by atoms with van der Waals surface area (Å²) in [6.45, 7) is 0. The third-order valence-corrected chi connectivity index (χ3v) is 2.68. The first-order chi connectivity index (χ1) is 9.79. The maximum atomic E-state index is 13.1. The van der Waals surface area contributed by atoms with Crippen LogP contribution >= 0.6 is 0 Å². The number of phenolic OH excluding ortho intramolecular Hbond substituents is 1. The molecule has 1 aliphatic rings. The number of aliphatic hydroxyl groups is 1. The number of anilines is 1. The van der Waals surface area contributed by atoms with E-state index in [4.69, 9.17) is 5.11 Å². The fourth-order valence-electron chi connectivity index (χ4n) is 1.71. The highest BCUT2D eigenvalue weighted by Gasteiger charge is 2.39. The van der Waals surface area contributed by atoms with E-state index in [9.17, 15) is 28.3 Å². The largest absolute Gasteiger partial charge is 0.503 e. The Hall–Kier alpha value is -2.75. The van der Waals surface area contributed by atoms with Crippen LogP contribution < -0.4 is 16.0 Å². The lowest BCUT2D eigenvalue weighted by atomic mass is 10.0. The number of halogens is 2. The molecule has 0 bridgehead atoms. The number of amides is 4. The molecule has 1 saturated heterocycles. The highest BCUT2D eigenvalue weighted by molar-refractivity contribution is 6.12. The number of aromatic hydroxyl groups is 1. The van der Waals surface area contributed by atoms with E-state index >= 15 is 0 Å². The second-order valence-electron chi connectivity index (χ2n) is 4.16. The van der Waals surface area contributed by atoms with Crippen molar-refractivity contribution in [1.82, 2.24) is 10.6 Å². The summed E-state index contributed by atoms with van der Waals surface area (Å²) in [7, 11) is 0. The standard InChI is InChI=1S/C11H9F2N3O5/c12-4-1-3(2-5(13)7(4)17)14-8(18)6-9(19)15-11(21)16-10(6)20/h1-2,6,9,17,19H,(H,14,18)(H2,15,16,20,21). The number of nitrogens with one attached hydrogen (secondary N) is 3. The average Bonchev–Trinajstić information content (AvgIpc) is 2.34. The zero-order valence-electron chi connectivity index (χ0n) is 10.2. The van der Waals surface area contributed by atoms with Gasteiger partial charge in [0, 0.05) is 17.8 Å². The van der Waals surface area contributed by atoms with Crippen molar-refractivity contribution in [2.24, 2.45) is 5.92 Å². The number of rotatable bonds is 2. The average molecular weight is 301 g/mol. The Kier molecular flexibility index (Phi) is 3.72. The molecule has 2 rings (SSSR count). The number of carbonyl (C=O) groups excluding carboxylic acids is 3. The summed E-state index contributed by atoms with van der Waals surface area (Å²) in [6, 6.07) is 0.280. The van der Waals surface area contributed by atoms with Gasteiger partial charge >= 0.3 is 6.03 Å². The third-order valence-electron chi connectivity index (χ3n) is 2.68. The topological polar surface area (TPSA) is 128 Å². The molecule has 21 heavy (non-hydrogen) atoms. The minimum Gasteiger partial charge on any atom is -0.503 e. The van der Waals surface area contributed by atoms with Crippen LogP contribution in [0.25, 0.3) is 0 Å². The Bertz CT molecular complexity index is 613. The van der Waals surface area contributed by atoms with E-state index in [-0.39, 0.29) is 5.69 Å². The van der Waals surface area contributed by atoms with Crippen LogP contribution in [0.1, 0.15) is 0 Å². The molecule has 0 spiro atoms. The van der Waals surface area contributed by atoms with E-state index < -0.39 is 47.4 Å². The van der Waals surface area contributed by atoms with Crippen LogP contribution in [0.15, 0.2) is 12.1 Å². The molecule has 0 saturated carbocycles. The summed E-state index contributed by atoms with van der Waals surface area (Å²) in [4.78, 5) is 34.1. The monoisotopic (exact) mass is 301 g/mol. The number of hydrogen-bond acceptors (Lipinski definition) is 5. The molecule has 0 aliphatic carbocycles. The maximum Gasteiger partial charge on any atom is 0.323 e. The van der Waals surface area contributed by atoms with Gasteiger partial charge in [0.2, 0.25) is 11.8 Å². The van der Waals surface area contributed by atoms with Crippen LogP contribution in [0.5, 0.6) is 5.75 Å². The fraction of sp³-hybridized carbons (Fsp3) is 0.182. The number of aliphatic hydroxyl groups excluding tert-OH is 1. The van der Waals surface area contributed by atoms with Crippen molar-refractivity contribution in [1.29, 1.82) is 0 Å². The van der Waals surface area contributed by atoms with Crippen molar-refractivity contribution in [2.75, 3.05) is 5.32 Å². The Morgan fingerprint density at radius 1 is 1.24 bits per heavy atom. The molecule has 0 radical (unpaired) electrons. The summed E-state index contributed by atoms with van der Waals surface area (Å²) in [6.07, 6.45) is -1.78. The van der Waals surface area contributed by atoms with Crippen LogP contribution in [-0.4, -0.2) is 34.3 Å². The van der Waals surface area contributed by atoms with Crippen molar-refractivity contribution < 1.29 is 33.4 Å². The first kappa shape index (κ1) is 14.7. The smallest absolute Gasteiger partial charge is 0.323 e. The number of imide groups is 1. The molecule has 1 aromatic carbocycles. The van der Waals surface area contributed by atoms with Crippen LogP contribution in [-0.2, 0) is 9.59 Å². The van der Waals surface area contributed by atoms with Gasteiger partial charge in [0.15, 0.2) is 23.3 Å². The summed E-state index contributed by atoms with van der Waals surface area (Å²) >= 11 is 0. The summed E-state index contributed by atoms with van der Waals surface area (Å²) in [5.74, 6) is -7.69. The van der Waals surface area contributed by atoms with Gasteiger partial charge in [-0.15, -0.1) is 0 Å². The predicted octanol–water partition coefficient (Wildman–Crippen LogP) is -0.617. The van der Waals surface area contributed by atoms with Crippen molar-refractivity contribution in [3.05, 3.63) is 23.8 Å². The number of hydrogen-bond donors (Lipinski definition) is 5. The zero-order chi connectivity index (χ0) is 15.7. The van der Waals surface area contributed by atoms with Crippen LogP contribution in [0.2, 0.25) is 0 Å². The molecule has 0 aromatic heterocycles. The van der Waals surface area contributed by atoms with Gasteiger partial charge in [-0.3, -0.25) is 14.9 Å². The van der Waals surface area contributed by atoms with Gasteiger partial charge in [0.1, 0.15) is 6.23 Å². The molecular weight excluding hydrogens is 292 g/mol. The molecule has 112 valence electrons. The fourth-order valence-corrected chi connectivity index (χ4v) is 1.71. The van der Waals surface area contributed by atoms with Gasteiger partial charge in [-0.1, -0.05) is 0 Å². The Balaban J connectivity index is 2.18. The Morgan fingerprint density at radius 3 is 2.33 bits per heavy atom. The Labute approximate surface area is 115 Å². The molecule has 2 unspecified atom stereocenters. The molecule has 4 amide bonds. The SMILES string of the molecule is O=C1NC(=O)C(C(=O)Nc2cc(F)c(O)c(F)c2)C(O)N1. The van der Waals surface area contributed by atoms with E-state index in [1.807, 2.05) is 10.6 Å². The molecule has 10 heteroatoms. The molecule has 8 nitrogen and oxygen atoms in total. The highest BCUT2D eigenvalue weighted by atomic mass is 19.1. The van der Waals surface area contributed by atoms with Gasteiger partial charge in [0.25, 0.3) is 0 Å². The second-order valence-corrected chi connectivity index (χ2v) is 4.16. The number of benzene rings is 1. The molecule has 1 fully saturated rings. The van der Waals surface area contributed by atoms with Gasteiger partial charge in [0.05, 0.1) is 0 Å². The number of urea groups is 1. The summed E-state index contributed by atoms with van der Waals surface area (Å²) in [5, 5.41) is 24.0. The Morgan fingerprint density at radius 2 is 1.81 bits per heavy atom. The van der Waals surface area contributed by atoms with E-state index in [1.165, 1.54) is 0 Å². The first-order valence-electron chi connectivity index (χ1n) is 5.58. The van der Waals surface area contributed by atoms with E-state index in [1.54, 1.807) is 5.32 Å². The maximum absolute atomic E-state index is 13.1. The van der Waals surface area contributed by atoms with E-state index in [0.29, 0.717) is 12.1 Å². The van der Waals surface area contributed by atoms with Crippen LogP contribution in [0.4, 0.5) is 19.3 Å². The zero-order valence-corrected chi connectivity index (χ0v) is 10.2. The highest BCUT2D eigenvalue weighted by Crippen LogP contribution is 2.24. The van der Waals surface area contributed by atoms with E-state index in [0.717, 1.165) is 0 Å². The molecule has 2 atom stereocenters. The molecule has 5 N–H and O–H groups in total. The van der Waals surface area contributed by atoms with Crippen LogP contribution in [0, 0.1) is 17.6 Å². The number of carbonyl (C=O) groups is 3. The molecule has 1 aromatic rings. The lowest BCUT2D eigenvalue weighted by Gasteiger charge is -2.26. The van der Waals surface area contributed by atoms with Gasteiger partial charge in [-0.2, -0.15) is 0 Å². The molecule has 1 heterocycles. The summed E-state index contributed by atoms with van der Waals surface area (Å²) in [5.41, 5.74) is -0.371. The van der Waals surface area contributed by atoms with Gasteiger partial charge in [-0.05, 0) is 0 Å². The van der Waals surface area contributed by atoms with E-state index in [2.05, 4.69) is 0 Å².